The van der Waals surface area contributed by atoms with Gasteiger partial charge in [-0.15, -0.1) is 0 Å². The van der Waals surface area contributed by atoms with Crippen LogP contribution in [0.25, 0.3) is 93.9 Å². The number of hydrogen-bond acceptors (Lipinski definition) is 1. The fraction of sp³-hybridized carbons (Fsp3) is 0. The summed E-state index contributed by atoms with van der Waals surface area (Å²) in [4.78, 5) is 0. The minimum atomic E-state index is 0.891. The van der Waals surface area contributed by atoms with Gasteiger partial charge in [0.2, 0.25) is 0 Å². The quantitative estimate of drug-likeness (QED) is 0.184. The third-order valence-electron chi connectivity index (χ3n) is 9.99. The van der Waals surface area contributed by atoms with Gasteiger partial charge in [0.05, 0.1) is 11.0 Å². The second kappa shape index (κ2) is 11.5. The van der Waals surface area contributed by atoms with Crippen molar-refractivity contribution >= 4 is 43.7 Å². The van der Waals surface area contributed by atoms with Gasteiger partial charge in [0.25, 0.3) is 0 Å². The lowest BCUT2D eigenvalue weighted by molar-refractivity contribution is 0.669. The van der Waals surface area contributed by atoms with Crippen LogP contribution in [0, 0.1) is 0 Å². The molecule has 2 heteroatoms. The van der Waals surface area contributed by atoms with Gasteiger partial charge in [-0.2, -0.15) is 0 Å². The molecule has 2 heterocycles. The van der Waals surface area contributed by atoms with E-state index in [4.69, 9.17) is 4.42 Å². The van der Waals surface area contributed by atoms with Crippen LogP contribution in [0.3, 0.4) is 0 Å². The summed E-state index contributed by atoms with van der Waals surface area (Å²) in [5.74, 6) is 0. The highest BCUT2D eigenvalue weighted by Crippen LogP contribution is 2.43. The van der Waals surface area contributed by atoms with E-state index in [0.717, 1.165) is 33.2 Å². The third-order valence-corrected chi connectivity index (χ3v) is 9.99. The van der Waals surface area contributed by atoms with Crippen molar-refractivity contribution in [1.29, 1.82) is 0 Å². The minimum absolute atomic E-state index is 0.891. The van der Waals surface area contributed by atoms with Gasteiger partial charge in [0.15, 0.2) is 0 Å². The zero-order valence-corrected chi connectivity index (χ0v) is 27.3. The maximum Gasteiger partial charge on any atom is 0.136 e. The Labute approximate surface area is 290 Å². The monoisotopic (exact) mass is 637 g/mol. The van der Waals surface area contributed by atoms with E-state index in [-0.39, 0.29) is 0 Å². The van der Waals surface area contributed by atoms with Crippen LogP contribution >= 0.6 is 0 Å². The van der Waals surface area contributed by atoms with E-state index < -0.39 is 0 Å². The van der Waals surface area contributed by atoms with Gasteiger partial charge in [-0.05, 0) is 81.4 Å². The Hall–Kier alpha value is -6.64. The SMILES string of the molecule is c1ccc(-c2cccc(-c3cccc(-n4c5ccccc5c5cccc(-c6cccc7oc8ccc(-c9ccccc9)cc8c67)c54)c3)c2)cc1. The fourth-order valence-electron chi connectivity index (χ4n) is 7.70. The topological polar surface area (TPSA) is 18.1 Å². The zero-order valence-electron chi connectivity index (χ0n) is 27.3. The van der Waals surface area contributed by atoms with Gasteiger partial charge in [-0.25, -0.2) is 0 Å². The molecule has 0 fully saturated rings. The van der Waals surface area contributed by atoms with Gasteiger partial charge < -0.3 is 8.98 Å². The molecule has 0 N–H and O–H groups in total. The largest absolute Gasteiger partial charge is 0.456 e. The van der Waals surface area contributed by atoms with Crippen LogP contribution in [-0.2, 0) is 0 Å². The van der Waals surface area contributed by atoms with Crippen LogP contribution in [0.5, 0.6) is 0 Å². The Balaban J connectivity index is 1.21. The molecule has 0 aliphatic carbocycles. The second-order valence-corrected chi connectivity index (χ2v) is 12.9. The van der Waals surface area contributed by atoms with E-state index >= 15 is 0 Å². The normalized spacial score (nSPS) is 11.6. The van der Waals surface area contributed by atoms with Crippen LogP contribution in [0.1, 0.15) is 0 Å². The Morgan fingerprint density at radius 2 is 0.920 bits per heavy atom. The van der Waals surface area contributed by atoms with Crippen molar-refractivity contribution in [3.05, 3.63) is 188 Å². The smallest absolute Gasteiger partial charge is 0.136 e. The van der Waals surface area contributed by atoms with Crippen LogP contribution in [0.4, 0.5) is 0 Å². The predicted molar refractivity (Wildman–Crippen MR) is 210 cm³/mol. The minimum Gasteiger partial charge on any atom is -0.456 e. The summed E-state index contributed by atoms with van der Waals surface area (Å²) in [6, 6.07) is 67.4. The second-order valence-electron chi connectivity index (χ2n) is 12.9. The van der Waals surface area contributed by atoms with E-state index in [0.29, 0.717) is 0 Å². The molecule has 0 amide bonds. The van der Waals surface area contributed by atoms with Crippen molar-refractivity contribution < 1.29 is 4.42 Å². The summed E-state index contributed by atoms with van der Waals surface area (Å²) in [7, 11) is 0. The van der Waals surface area contributed by atoms with E-state index in [2.05, 4.69) is 193 Å². The molecule has 50 heavy (non-hydrogen) atoms. The van der Waals surface area contributed by atoms with Crippen molar-refractivity contribution in [3.63, 3.8) is 0 Å². The van der Waals surface area contributed by atoms with Gasteiger partial charge in [0, 0.05) is 32.8 Å². The summed E-state index contributed by atoms with van der Waals surface area (Å²) in [6.45, 7) is 0. The summed E-state index contributed by atoms with van der Waals surface area (Å²) < 4.78 is 8.94. The summed E-state index contributed by atoms with van der Waals surface area (Å²) >= 11 is 0. The van der Waals surface area contributed by atoms with Crippen LogP contribution in [-0.4, -0.2) is 4.57 Å². The Kier molecular flexibility index (Phi) is 6.53. The lowest BCUT2D eigenvalue weighted by Gasteiger charge is -2.14. The lowest BCUT2D eigenvalue weighted by atomic mass is 9.96. The number of aromatic nitrogens is 1. The first kappa shape index (κ1) is 28.4. The summed E-state index contributed by atoms with van der Waals surface area (Å²) in [6.07, 6.45) is 0. The molecule has 0 saturated heterocycles. The van der Waals surface area contributed by atoms with E-state index in [1.165, 1.54) is 60.8 Å². The first-order valence-electron chi connectivity index (χ1n) is 17.1. The van der Waals surface area contributed by atoms with Crippen molar-refractivity contribution in [2.45, 2.75) is 0 Å². The number of fused-ring (bicyclic) bond motifs is 6. The maximum absolute atomic E-state index is 6.49. The molecule has 0 atom stereocenters. The molecule has 2 nitrogen and oxygen atoms in total. The molecule has 0 saturated carbocycles. The molecule has 10 rings (SSSR count). The number of para-hydroxylation sites is 2. The van der Waals surface area contributed by atoms with Gasteiger partial charge in [0.1, 0.15) is 11.2 Å². The fourth-order valence-corrected chi connectivity index (χ4v) is 7.70. The molecular formula is C48H31NO. The first-order chi connectivity index (χ1) is 24.8. The van der Waals surface area contributed by atoms with Gasteiger partial charge >= 0.3 is 0 Å². The number of nitrogens with zero attached hydrogens (tertiary/aromatic N) is 1. The molecule has 2 aromatic heterocycles. The van der Waals surface area contributed by atoms with E-state index in [1.807, 2.05) is 0 Å². The van der Waals surface area contributed by atoms with Crippen molar-refractivity contribution in [1.82, 2.24) is 4.57 Å². The molecular weight excluding hydrogens is 607 g/mol. The Morgan fingerprint density at radius 1 is 0.340 bits per heavy atom. The highest BCUT2D eigenvalue weighted by Gasteiger charge is 2.20. The molecule has 0 bridgehead atoms. The van der Waals surface area contributed by atoms with Crippen LogP contribution in [0.2, 0.25) is 0 Å². The first-order valence-corrected chi connectivity index (χ1v) is 17.1. The predicted octanol–water partition coefficient (Wildman–Crippen LogP) is 13.4. The molecule has 234 valence electrons. The highest BCUT2D eigenvalue weighted by molar-refractivity contribution is 6.19. The number of hydrogen-bond donors (Lipinski definition) is 0. The lowest BCUT2D eigenvalue weighted by Crippen LogP contribution is -1.96. The number of benzene rings is 8. The number of rotatable bonds is 5. The molecule has 0 radical (unpaired) electrons. The standard InChI is InChI=1S/C48H31NO/c1-3-13-32(14-4-1)34-17-9-18-35(29-34)36-19-10-20-38(30-36)49-44-25-8-7-21-39(44)41-23-11-24-42(48(41)49)40-22-12-26-46-47(40)43-31-37(27-28-45(43)50-46)33-15-5-2-6-16-33/h1-31H. The third kappa shape index (κ3) is 4.57. The molecule has 10 aromatic rings. The maximum atomic E-state index is 6.49. The molecule has 0 aliphatic heterocycles. The molecule has 0 spiro atoms. The molecule has 0 aliphatic rings. The van der Waals surface area contributed by atoms with Gasteiger partial charge in [-0.3, -0.25) is 0 Å². The highest BCUT2D eigenvalue weighted by atomic mass is 16.3. The average Bonchev–Trinajstić information content (AvgIpc) is 3.74. The van der Waals surface area contributed by atoms with E-state index in [9.17, 15) is 0 Å². The average molecular weight is 638 g/mol. The van der Waals surface area contributed by atoms with Gasteiger partial charge in [-0.1, -0.05) is 146 Å². The molecule has 0 unspecified atom stereocenters. The van der Waals surface area contributed by atoms with Crippen molar-refractivity contribution in [2.24, 2.45) is 0 Å². The summed E-state index contributed by atoms with van der Waals surface area (Å²) in [5, 5.41) is 4.72. The van der Waals surface area contributed by atoms with Crippen molar-refractivity contribution in [2.75, 3.05) is 0 Å². The van der Waals surface area contributed by atoms with Crippen LogP contribution in [0.15, 0.2) is 192 Å². The molecule has 8 aromatic carbocycles. The van der Waals surface area contributed by atoms with E-state index in [1.54, 1.807) is 0 Å². The Bertz CT molecular complexity index is 2860. The van der Waals surface area contributed by atoms with Crippen LogP contribution < -0.4 is 0 Å². The Morgan fingerprint density at radius 3 is 1.72 bits per heavy atom. The summed E-state index contributed by atoms with van der Waals surface area (Å²) in [5.41, 5.74) is 14.8. The van der Waals surface area contributed by atoms with Crippen molar-refractivity contribution in [3.8, 4) is 50.2 Å². The number of furan rings is 1. The zero-order chi connectivity index (χ0) is 33.0.